The minimum atomic E-state index is -0.0378. The molecule has 0 unspecified atom stereocenters. The van der Waals surface area contributed by atoms with Gasteiger partial charge in [0.1, 0.15) is 5.82 Å². The van der Waals surface area contributed by atoms with E-state index in [1.807, 2.05) is 6.20 Å². The predicted molar refractivity (Wildman–Crippen MR) is 253 cm³/mol. The number of hydrogen-bond acceptors (Lipinski definition) is 3. The molecule has 9 aromatic rings. The van der Waals surface area contributed by atoms with Crippen LogP contribution >= 0.6 is 12.6 Å². The van der Waals surface area contributed by atoms with E-state index < -0.39 is 0 Å². The van der Waals surface area contributed by atoms with E-state index in [1.165, 1.54) is 22.1 Å². The first-order chi connectivity index (χ1) is 28.3. The highest BCUT2D eigenvalue weighted by Crippen LogP contribution is 2.43. The van der Waals surface area contributed by atoms with Crippen molar-refractivity contribution in [3.8, 4) is 61.6 Å². The van der Waals surface area contributed by atoms with Crippen LogP contribution < -0.4 is 0 Å². The van der Waals surface area contributed by atoms with Crippen molar-refractivity contribution in [1.82, 2.24) is 14.5 Å². The number of imidazole rings is 1. The molecule has 0 fully saturated rings. The number of nitrogens with zero attached hydrogens (tertiary/aromatic N) is 3. The van der Waals surface area contributed by atoms with Crippen molar-refractivity contribution in [2.75, 3.05) is 0 Å². The molecule has 7 aromatic carbocycles. The third-order valence-corrected chi connectivity index (χ3v) is 12.0. The van der Waals surface area contributed by atoms with Crippen LogP contribution in [0.1, 0.15) is 58.2 Å². The van der Waals surface area contributed by atoms with Crippen LogP contribution in [0.5, 0.6) is 0 Å². The minimum Gasteiger partial charge on any atom is -0.292 e. The summed E-state index contributed by atoms with van der Waals surface area (Å²) in [6.45, 7) is 15.8. The van der Waals surface area contributed by atoms with Crippen LogP contribution in [0.4, 0.5) is 0 Å². The van der Waals surface area contributed by atoms with Crippen molar-refractivity contribution in [1.29, 1.82) is 0 Å². The maximum Gasteiger partial charge on any atom is 0.145 e. The molecule has 2 heterocycles. The second-order valence-electron chi connectivity index (χ2n) is 17.8. The number of fused-ring (bicyclic) bond motifs is 2. The Bertz CT molecular complexity index is 3020. The molecule has 0 atom stereocenters. The van der Waals surface area contributed by atoms with Crippen LogP contribution in [-0.4, -0.2) is 14.5 Å². The first-order valence-electron chi connectivity index (χ1n) is 20.5. The van der Waals surface area contributed by atoms with Crippen LogP contribution in [-0.2, 0) is 10.8 Å². The molecule has 0 bridgehead atoms. The van der Waals surface area contributed by atoms with Gasteiger partial charge in [0.05, 0.1) is 22.2 Å². The standard InChI is InChI=1S/C55H49N3S/c1-35-28-29-56-51-44(35)33-42(55(5,6)7)34-46(51)39-20-14-21-40(30-39)53-57-52-43(47-31-38(24-27-50(47)59)36-16-10-8-11-17-36)22-15-23-49(52)58(53)48-26-25-41(54(2,3)4)32-45(48)37-18-12-9-13-19-37/h8-34,59H,1-7H3. The van der Waals surface area contributed by atoms with Crippen molar-refractivity contribution < 1.29 is 0 Å². The van der Waals surface area contributed by atoms with Crippen LogP contribution in [0.3, 0.4) is 0 Å². The van der Waals surface area contributed by atoms with E-state index >= 15 is 0 Å². The summed E-state index contributed by atoms with van der Waals surface area (Å²) in [6.07, 6.45) is 1.93. The lowest BCUT2D eigenvalue weighted by atomic mass is 9.83. The number of benzene rings is 7. The summed E-state index contributed by atoms with van der Waals surface area (Å²) < 4.78 is 2.37. The second kappa shape index (κ2) is 14.9. The molecule has 9 rings (SSSR count). The molecule has 4 heteroatoms. The van der Waals surface area contributed by atoms with Gasteiger partial charge in [-0.25, -0.2) is 4.98 Å². The highest BCUT2D eigenvalue weighted by atomic mass is 32.1. The summed E-state index contributed by atoms with van der Waals surface area (Å²) >= 11 is 5.05. The monoisotopic (exact) mass is 783 g/mol. The number of hydrogen-bond donors (Lipinski definition) is 1. The van der Waals surface area contributed by atoms with Gasteiger partial charge in [0.2, 0.25) is 0 Å². The first-order valence-corrected chi connectivity index (χ1v) is 20.9. The van der Waals surface area contributed by atoms with E-state index in [2.05, 4.69) is 211 Å². The summed E-state index contributed by atoms with van der Waals surface area (Å²) in [6, 6.07) is 56.9. The maximum atomic E-state index is 5.67. The van der Waals surface area contributed by atoms with Crippen LogP contribution in [0.2, 0.25) is 0 Å². The highest BCUT2D eigenvalue weighted by Gasteiger charge is 2.24. The molecule has 0 amide bonds. The van der Waals surface area contributed by atoms with Gasteiger partial charge in [-0.15, -0.1) is 12.6 Å². The lowest BCUT2D eigenvalue weighted by molar-refractivity contribution is 0.590. The Hall–Kier alpha value is -6.23. The van der Waals surface area contributed by atoms with Crippen molar-refractivity contribution in [3.05, 3.63) is 181 Å². The lowest BCUT2D eigenvalue weighted by Gasteiger charge is -2.23. The average Bonchev–Trinajstić information content (AvgIpc) is 3.63. The van der Waals surface area contributed by atoms with E-state index in [-0.39, 0.29) is 10.8 Å². The van der Waals surface area contributed by atoms with Crippen LogP contribution in [0.25, 0.3) is 83.5 Å². The fraction of sp³-hybridized carbons (Fsp3) is 0.164. The Labute approximate surface area is 353 Å². The minimum absolute atomic E-state index is 0.0348. The fourth-order valence-electron chi connectivity index (χ4n) is 8.23. The molecular weight excluding hydrogens is 735 g/mol. The average molecular weight is 784 g/mol. The molecule has 0 aliphatic carbocycles. The molecule has 0 spiro atoms. The smallest absolute Gasteiger partial charge is 0.145 e. The van der Waals surface area contributed by atoms with Gasteiger partial charge in [-0.2, -0.15) is 0 Å². The maximum absolute atomic E-state index is 5.67. The quantitative estimate of drug-likeness (QED) is 0.170. The summed E-state index contributed by atoms with van der Waals surface area (Å²) in [4.78, 5) is 11.5. The van der Waals surface area contributed by atoms with E-state index in [4.69, 9.17) is 22.6 Å². The Morgan fingerprint density at radius 3 is 1.86 bits per heavy atom. The molecule has 0 radical (unpaired) electrons. The van der Waals surface area contributed by atoms with Gasteiger partial charge >= 0.3 is 0 Å². The second-order valence-corrected chi connectivity index (χ2v) is 18.3. The molecule has 0 N–H and O–H groups in total. The molecule has 3 nitrogen and oxygen atoms in total. The summed E-state index contributed by atoms with van der Waals surface area (Å²) in [7, 11) is 0. The fourth-order valence-corrected chi connectivity index (χ4v) is 8.49. The van der Waals surface area contributed by atoms with Gasteiger partial charge in [0, 0.05) is 38.7 Å². The van der Waals surface area contributed by atoms with Crippen molar-refractivity contribution >= 4 is 34.6 Å². The van der Waals surface area contributed by atoms with Gasteiger partial charge in [-0.05, 0) is 117 Å². The molecular formula is C55H49N3S. The largest absolute Gasteiger partial charge is 0.292 e. The van der Waals surface area contributed by atoms with Gasteiger partial charge in [0.15, 0.2) is 0 Å². The summed E-state index contributed by atoms with van der Waals surface area (Å²) in [5.74, 6) is 0.871. The third kappa shape index (κ3) is 7.17. The van der Waals surface area contributed by atoms with Gasteiger partial charge < -0.3 is 0 Å². The van der Waals surface area contributed by atoms with E-state index in [9.17, 15) is 0 Å². The number of rotatable bonds is 6. The zero-order chi connectivity index (χ0) is 41.1. The number of pyridine rings is 1. The predicted octanol–water partition coefficient (Wildman–Crippen LogP) is 15.1. The Morgan fingerprint density at radius 2 is 1.14 bits per heavy atom. The number of thiol groups is 1. The van der Waals surface area contributed by atoms with Crippen LogP contribution in [0.15, 0.2) is 169 Å². The topological polar surface area (TPSA) is 30.7 Å². The van der Waals surface area contributed by atoms with Gasteiger partial charge in [0.25, 0.3) is 0 Å². The molecule has 0 aliphatic rings. The molecule has 0 aliphatic heterocycles. The SMILES string of the molecule is Cc1ccnc2c(-c3cccc(-c4nc5c(-c6cc(-c7ccccc7)ccc6S)cccc5n4-c4ccc(C(C)(C)C)cc4-c4ccccc4)c3)cc(C(C)(C)C)cc12. The Balaban J connectivity index is 1.34. The number of aromatic nitrogens is 3. The summed E-state index contributed by atoms with van der Waals surface area (Å²) in [5, 5.41) is 1.18. The molecule has 2 aromatic heterocycles. The third-order valence-electron chi connectivity index (χ3n) is 11.6. The van der Waals surface area contributed by atoms with E-state index in [0.717, 1.165) is 83.0 Å². The molecule has 0 saturated heterocycles. The van der Waals surface area contributed by atoms with Gasteiger partial charge in [-0.1, -0.05) is 145 Å². The van der Waals surface area contributed by atoms with Crippen molar-refractivity contribution in [2.45, 2.75) is 64.2 Å². The summed E-state index contributed by atoms with van der Waals surface area (Å²) in [5.41, 5.74) is 17.7. The number of para-hydroxylation sites is 1. The highest BCUT2D eigenvalue weighted by molar-refractivity contribution is 7.80. The zero-order valence-electron chi connectivity index (χ0n) is 34.9. The van der Waals surface area contributed by atoms with Crippen molar-refractivity contribution in [3.63, 3.8) is 0 Å². The Morgan fingerprint density at radius 1 is 0.475 bits per heavy atom. The number of aryl methyl sites for hydroxylation is 1. The van der Waals surface area contributed by atoms with Gasteiger partial charge in [-0.3, -0.25) is 9.55 Å². The zero-order valence-corrected chi connectivity index (χ0v) is 35.8. The van der Waals surface area contributed by atoms with Crippen LogP contribution in [0, 0.1) is 6.92 Å². The Kier molecular flexibility index (Phi) is 9.64. The normalized spacial score (nSPS) is 12.1. The first kappa shape index (κ1) is 38.3. The lowest BCUT2D eigenvalue weighted by Crippen LogP contribution is -2.12. The van der Waals surface area contributed by atoms with E-state index in [0.29, 0.717) is 0 Å². The molecule has 59 heavy (non-hydrogen) atoms. The molecule has 0 saturated carbocycles. The van der Waals surface area contributed by atoms with Crippen molar-refractivity contribution in [2.24, 2.45) is 0 Å². The van der Waals surface area contributed by atoms with E-state index in [1.54, 1.807) is 0 Å². The molecule has 290 valence electrons.